The predicted molar refractivity (Wildman–Crippen MR) is 109 cm³/mol. The molecular weight excluding hydrogens is 415 g/mol. The van der Waals surface area contributed by atoms with Gasteiger partial charge in [0, 0.05) is 26.2 Å². The highest BCUT2D eigenvalue weighted by molar-refractivity contribution is 7.89. The van der Waals surface area contributed by atoms with Crippen molar-refractivity contribution in [3.05, 3.63) is 63.9 Å². The Morgan fingerprint density at radius 2 is 1.66 bits per heavy atom. The van der Waals surface area contributed by atoms with Crippen LogP contribution in [0, 0.1) is 5.82 Å². The smallest absolute Gasteiger partial charge is 0.258 e. The maximum atomic E-state index is 14.0. The first-order valence-corrected chi connectivity index (χ1v) is 11.5. The zero-order chi connectivity index (χ0) is 20.6. The van der Waals surface area contributed by atoms with E-state index in [2.05, 4.69) is 0 Å². The van der Waals surface area contributed by atoms with Crippen LogP contribution in [0.3, 0.4) is 0 Å². The number of hydrogen-bond acceptors (Lipinski definition) is 3. The van der Waals surface area contributed by atoms with Gasteiger partial charge in [-0.2, -0.15) is 4.31 Å². The summed E-state index contributed by atoms with van der Waals surface area (Å²) < 4.78 is 41.6. The van der Waals surface area contributed by atoms with Crippen LogP contribution in [-0.4, -0.2) is 49.7 Å². The molecule has 2 aromatic carbocycles. The fourth-order valence-corrected chi connectivity index (χ4v) is 5.73. The SMILES string of the molecule is O=C(c1c(F)cccc1Cl)N1CCN(S(=O)(=O)c2ccc3c(c2)CCCC3)CC1. The lowest BCUT2D eigenvalue weighted by Gasteiger charge is -2.34. The number of fused-ring (bicyclic) bond motifs is 1. The molecule has 0 atom stereocenters. The number of aryl methyl sites for hydroxylation is 2. The van der Waals surface area contributed by atoms with E-state index in [0.29, 0.717) is 4.90 Å². The molecule has 0 N–H and O–H groups in total. The van der Waals surface area contributed by atoms with Crippen molar-refractivity contribution >= 4 is 27.5 Å². The quantitative estimate of drug-likeness (QED) is 0.739. The normalized spacial score (nSPS) is 17.8. The van der Waals surface area contributed by atoms with Crippen molar-refractivity contribution in [2.75, 3.05) is 26.2 Å². The Bertz CT molecular complexity index is 1030. The molecule has 1 fully saturated rings. The van der Waals surface area contributed by atoms with E-state index in [4.69, 9.17) is 11.6 Å². The predicted octanol–water partition coefficient (Wildman–Crippen LogP) is 3.50. The van der Waals surface area contributed by atoms with Gasteiger partial charge in [-0.25, -0.2) is 12.8 Å². The van der Waals surface area contributed by atoms with E-state index < -0.39 is 21.7 Å². The average molecular weight is 437 g/mol. The Balaban J connectivity index is 1.48. The van der Waals surface area contributed by atoms with E-state index >= 15 is 0 Å². The molecule has 1 aliphatic carbocycles. The number of sulfonamides is 1. The van der Waals surface area contributed by atoms with Crippen molar-refractivity contribution in [1.82, 2.24) is 9.21 Å². The number of rotatable bonds is 3. The first kappa shape index (κ1) is 20.3. The summed E-state index contributed by atoms with van der Waals surface area (Å²) in [6.07, 6.45) is 4.12. The summed E-state index contributed by atoms with van der Waals surface area (Å²) in [6.45, 7) is 0.704. The monoisotopic (exact) mass is 436 g/mol. The molecule has 0 spiro atoms. The van der Waals surface area contributed by atoms with Crippen LogP contribution in [0.15, 0.2) is 41.3 Å². The third-order valence-corrected chi connectivity index (χ3v) is 7.87. The second-order valence-corrected chi connectivity index (χ2v) is 9.78. The minimum Gasteiger partial charge on any atom is -0.336 e. The Kier molecular flexibility index (Phi) is 5.64. The lowest BCUT2D eigenvalue weighted by Crippen LogP contribution is -2.50. The highest BCUT2D eigenvalue weighted by Crippen LogP contribution is 2.27. The largest absolute Gasteiger partial charge is 0.336 e. The number of piperazine rings is 1. The van der Waals surface area contributed by atoms with Crippen molar-refractivity contribution in [1.29, 1.82) is 0 Å². The molecule has 2 aliphatic rings. The maximum absolute atomic E-state index is 14.0. The molecule has 1 heterocycles. The van der Waals surface area contributed by atoms with Crippen LogP contribution in [0.5, 0.6) is 0 Å². The molecule has 0 unspecified atom stereocenters. The third kappa shape index (κ3) is 3.91. The van der Waals surface area contributed by atoms with Gasteiger partial charge in [0.2, 0.25) is 10.0 Å². The van der Waals surface area contributed by atoms with Crippen LogP contribution in [0.25, 0.3) is 0 Å². The summed E-state index contributed by atoms with van der Waals surface area (Å²) in [7, 11) is -3.63. The van der Waals surface area contributed by atoms with Crippen LogP contribution < -0.4 is 0 Å². The number of amides is 1. The van der Waals surface area contributed by atoms with Crippen molar-refractivity contribution in [2.45, 2.75) is 30.6 Å². The number of benzene rings is 2. The summed E-state index contributed by atoms with van der Waals surface area (Å²) >= 11 is 5.99. The highest BCUT2D eigenvalue weighted by atomic mass is 35.5. The number of carbonyl (C=O) groups excluding carboxylic acids is 1. The number of carbonyl (C=O) groups is 1. The second kappa shape index (κ2) is 8.05. The topological polar surface area (TPSA) is 57.7 Å². The van der Waals surface area contributed by atoms with E-state index in [9.17, 15) is 17.6 Å². The summed E-state index contributed by atoms with van der Waals surface area (Å²) in [6, 6.07) is 9.49. The molecule has 154 valence electrons. The van der Waals surface area contributed by atoms with Gasteiger partial charge >= 0.3 is 0 Å². The van der Waals surface area contributed by atoms with Gasteiger partial charge in [-0.1, -0.05) is 23.7 Å². The van der Waals surface area contributed by atoms with Crippen molar-refractivity contribution in [3.63, 3.8) is 0 Å². The van der Waals surface area contributed by atoms with Crippen LogP contribution in [-0.2, 0) is 22.9 Å². The van der Waals surface area contributed by atoms with Gasteiger partial charge in [0.05, 0.1) is 15.5 Å². The van der Waals surface area contributed by atoms with Gasteiger partial charge in [-0.05, 0) is 61.1 Å². The average Bonchev–Trinajstić information content (AvgIpc) is 2.73. The second-order valence-electron chi connectivity index (χ2n) is 7.43. The minimum absolute atomic E-state index is 0.0547. The third-order valence-electron chi connectivity index (χ3n) is 5.66. The van der Waals surface area contributed by atoms with Gasteiger partial charge in [0.1, 0.15) is 5.82 Å². The molecule has 5 nitrogen and oxygen atoms in total. The van der Waals surface area contributed by atoms with Crippen molar-refractivity contribution < 1.29 is 17.6 Å². The summed E-state index contributed by atoms with van der Waals surface area (Å²) in [5, 5.41) is 0.0547. The standard InChI is InChI=1S/C21H22ClFN2O3S/c22-18-6-3-7-19(23)20(18)21(26)24-10-12-25(13-11-24)29(27,28)17-9-8-15-4-1-2-5-16(15)14-17/h3,6-9,14H,1-2,4-5,10-13H2. The molecule has 1 saturated heterocycles. The lowest BCUT2D eigenvalue weighted by molar-refractivity contribution is 0.0693. The summed E-state index contributed by atoms with van der Waals surface area (Å²) in [5.74, 6) is -1.19. The lowest BCUT2D eigenvalue weighted by atomic mass is 9.92. The van der Waals surface area contributed by atoms with Gasteiger partial charge in [-0.3, -0.25) is 4.79 Å². The van der Waals surface area contributed by atoms with Crippen molar-refractivity contribution in [3.8, 4) is 0 Å². The Labute approximate surface area is 175 Å². The highest BCUT2D eigenvalue weighted by Gasteiger charge is 2.32. The van der Waals surface area contributed by atoms with E-state index in [1.807, 2.05) is 6.07 Å². The molecule has 0 radical (unpaired) electrons. The first-order valence-electron chi connectivity index (χ1n) is 9.73. The van der Waals surface area contributed by atoms with Gasteiger partial charge in [-0.15, -0.1) is 0 Å². The van der Waals surface area contributed by atoms with E-state index in [-0.39, 0.29) is 36.8 Å². The zero-order valence-electron chi connectivity index (χ0n) is 15.9. The molecule has 4 rings (SSSR count). The van der Waals surface area contributed by atoms with Crippen LogP contribution in [0.1, 0.15) is 34.3 Å². The van der Waals surface area contributed by atoms with Gasteiger partial charge in [0.25, 0.3) is 5.91 Å². The van der Waals surface area contributed by atoms with Crippen molar-refractivity contribution in [2.24, 2.45) is 0 Å². The Morgan fingerprint density at radius 3 is 2.34 bits per heavy atom. The Morgan fingerprint density at radius 1 is 0.966 bits per heavy atom. The number of nitrogens with zero attached hydrogens (tertiary/aromatic N) is 2. The van der Waals surface area contributed by atoms with Crippen LogP contribution in [0.2, 0.25) is 5.02 Å². The van der Waals surface area contributed by atoms with E-state index in [1.165, 1.54) is 33.0 Å². The maximum Gasteiger partial charge on any atom is 0.258 e. The van der Waals surface area contributed by atoms with Crippen LogP contribution >= 0.6 is 11.6 Å². The number of halogens is 2. The Hall–Kier alpha value is -1.96. The fourth-order valence-electron chi connectivity index (χ4n) is 4.01. The molecule has 2 aromatic rings. The fraction of sp³-hybridized carbons (Fsp3) is 0.381. The molecule has 0 bridgehead atoms. The molecular formula is C21H22ClFN2O3S. The summed E-state index contributed by atoms with van der Waals surface area (Å²) in [5.41, 5.74) is 2.17. The molecule has 1 aliphatic heterocycles. The van der Waals surface area contributed by atoms with Gasteiger partial charge in [0.15, 0.2) is 0 Å². The van der Waals surface area contributed by atoms with Gasteiger partial charge < -0.3 is 4.90 Å². The molecule has 29 heavy (non-hydrogen) atoms. The molecule has 0 aromatic heterocycles. The van der Waals surface area contributed by atoms with E-state index in [0.717, 1.165) is 31.2 Å². The minimum atomic E-state index is -3.63. The van der Waals surface area contributed by atoms with Crippen LogP contribution in [0.4, 0.5) is 4.39 Å². The molecule has 1 amide bonds. The molecule has 0 saturated carbocycles. The van der Waals surface area contributed by atoms with E-state index in [1.54, 1.807) is 12.1 Å². The zero-order valence-corrected chi connectivity index (χ0v) is 17.5. The summed E-state index contributed by atoms with van der Waals surface area (Å²) in [4.78, 5) is 14.4. The first-order chi connectivity index (χ1) is 13.9. The number of hydrogen-bond donors (Lipinski definition) is 0. The molecule has 8 heteroatoms.